The zero-order valence-electron chi connectivity index (χ0n) is 10.6. The fraction of sp³-hybridized carbons (Fsp3) is 0.143. The molecule has 2 nitrogen and oxygen atoms in total. The molecular weight excluding hydrogens is 449 g/mol. The van der Waals surface area contributed by atoms with Gasteiger partial charge in [-0.15, -0.1) is 0 Å². The van der Waals surface area contributed by atoms with E-state index < -0.39 is 11.8 Å². The van der Waals surface area contributed by atoms with Crippen LogP contribution < -0.4 is 9.47 Å². The van der Waals surface area contributed by atoms with Crippen molar-refractivity contribution in [3.8, 4) is 11.5 Å². The minimum atomic E-state index is -4.41. The van der Waals surface area contributed by atoms with Crippen LogP contribution in [0, 0.1) is 6.07 Å². The molecule has 0 saturated carbocycles. The van der Waals surface area contributed by atoms with Crippen molar-refractivity contribution in [3.05, 3.63) is 50.9 Å². The fourth-order valence-corrected chi connectivity index (χ4v) is 4.40. The third kappa shape index (κ3) is 3.38. The molecule has 22 heavy (non-hydrogen) atoms. The van der Waals surface area contributed by atoms with Crippen molar-refractivity contribution < 1.29 is 22.6 Å². The molecule has 1 unspecified atom stereocenters. The van der Waals surface area contributed by atoms with Gasteiger partial charge in [-0.05, 0) is 30.0 Å². The molecule has 115 valence electrons. The average molecular weight is 455 g/mol. The molecule has 0 amide bonds. The minimum Gasteiger partial charge on any atom is -0.447 e. The maximum atomic E-state index is 12.8. The molecule has 0 spiro atoms. The third-order valence-electron chi connectivity index (χ3n) is 2.76. The third-order valence-corrected chi connectivity index (χ3v) is 4.66. The monoisotopic (exact) mass is 453 g/mol. The van der Waals surface area contributed by atoms with Crippen LogP contribution >= 0.6 is 43.6 Å². The van der Waals surface area contributed by atoms with Gasteiger partial charge in [0.2, 0.25) is 0 Å². The maximum Gasteiger partial charge on any atom is 0.446 e. The van der Waals surface area contributed by atoms with Gasteiger partial charge in [-0.25, -0.2) is 0 Å². The number of benzene rings is 2. The van der Waals surface area contributed by atoms with Crippen molar-refractivity contribution in [1.29, 1.82) is 0 Å². The molecule has 0 aromatic heterocycles. The molecule has 0 bridgehead atoms. The zero-order chi connectivity index (χ0) is 15.9. The summed E-state index contributed by atoms with van der Waals surface area (Å²) in [6.07, 6.45) is -0.957. The Labute approximate surface area is 145 Å². The summed E-state index contributed by atoms with van der Waals surface area (Å²) in [6, 6.07) is 10.9. The van der Waals surface area contributed by atoms with Gasteiger partial charge in [-0.3, -0.25) is 0 Å². The van der Waals surface area contributed by atoms with Crippen LogP contribution in [-0.2, 0) is 0 Å². The molecular formula is C14H6Br2F3O2S. The topological polar surface area (TPSA) is 18.5 Å². The number of alkyl halides is 3. The van der Waals surface area contributed by atoms with E-state index in [-0.39, 0.29) is 22.2 Å². The highest BCUT2D eigenvalue weighted by Crippen LogP contribution is 2.48. The SMILES string of the molecule is FC(F)(F)Sc1cc(Br)cc(Br)c1C1Oc2[c]cccc2O1. The number of fused-ring (bicyclic) bond motifs is 1. The van der Waals surface area contributed by atoms with Crippen LogP contribution in [0.25, 0.3) is 0 Å². The van der Waals surface area contributed by atoms with E-state index in [0.717, 1.165) is 0 Å². The van der Waals surface area contributed by atoms with Crippen molar-refractivity contribution in [2.45, 2.75) is 16.7 Å². The second-order valence-electron chi connectivity index (χ2n) is 4.28. The Kier molecular flexibility index (Phi) is 4.35. The van der Waals surface area contributed by atoms with Crippen LogP contribution in [0.15, 0.2) is 44.2 Å². The number of hydrogen-bond acceptors (Lipinski definition) is 3. The first-order valence-electron chi connectivity index (χ1n) is 5.92. The average Bonchev–Trinajstić information content (AvgIpc) is 2.78. The van der Waals surface area contributed by atoms with E-state index in [1.807, 2.05) is 0 Å². The molecule has 3 rings (SSSR count). The van der Waals surface area contributed by atoms with E-state index in [9.17, 15) is 13.2 Å². The van der Waals surface area contributed by atoms with Crippen LogP contribution in [0.2, 0.25) is 0 Å². The Morgan fingerprint density at radius 3 is 2.64 bits per heavy atom. The standard InChI is InChI=1S/C14H6Br2F3O2S/c15-7-5-8(16)12(11(6-7)22-14(17,18)19)13-20-9-3-1-2-4-10(9)21-13/h1-3,5-6,13H. The van der Waals surface area contributed by atoms with Gasteiger partial charge in [0, 0.05) is 19.9 Å². The van der Waals surface area contributed by atoms with Crippen LogP contribution in [0.3, 0.4) is 0 Å². The van der Waals surface area contributed by atoms with Gasteiger partial charge in [0.15, 0.2) is 11.5 Å². The van der Waals surface area contributed by atoms with E-state index in [0.29, 0.717) is 20.4 Å². The molecule has 0 saturated heterocycles. The lowest BCUT2D eigenvalue weighted by Crippen LogP contribution is -2.12. The molecule has 1 aliphatic heterocycles. The van der Waals surface area contributed by atoms with Gasteiger partial charge in [-0.1, -0.05) is 44.0 Å². The van der Waals surface area contributed by atoms with Gasteiger partial charge in [0.1, 0.15) is 0 Å². The lowest BCUT2D eigenvalue weighted by Gasteiger charge is -2.18. The van der Waals surface area contributed by atoms with Crippen LogP contribution in [-0.4, -0.2) is 5.51 Å². The summed E-state index contributed by atoms with van der Waals surface area (Å²) in [5, 5.41) is 0. The molecule has 8 heteroatoms. The van der Waals surface area contributed by atoms with E-state index in [1.54, 1.807) is 24.3 Å². The Morgan fingerprint density at radius 2 is 1.95 bits per heavy atom. The molecule has 0 aliphatic carbocycles. The second-order valence-corrected chi connectivity index (χ2v) is 7.16. The first kappa shape index (κ1) is 16.0. The molecule has 1 radical (unpaired) electrons. The van der Waals surface area contributed by atoms with E-state index in [2.05, 4.69) is 37.9 Å². The van der Waals surface area contributed by atoms with Crippen molar-refractivity contribution in [2.75, 3.05) is 0 Å². The Morgan fingerprint density at radius 1 is 1.18 bits per heavy atom. The highest BCUT2D eigenvalue weighted by Gasteiger charge is 2.35. The van der Waals surface area contributed by atoms with E-state index in [1.165, 1.54) is 6.07 Å². The quantitative estimate of drug-likeness (QED) is 0.511. The predicted octanol–water partition coefficient (Wildman–Crippen LogP) is 6.09. The molecule has 1 atom stereocenters. The van der Waals surface area contributed by atoms with Gasteiger partial charge in [-0.2, -0.15) is 13.2 Å². The molecule has 1 aliphatic rings. The highest BCUT2D eigenvalue weighted by atomic mass is 79.9. The van der Waals surface area contributed by atoms with Crippen molar-refractivity contribution in [1.82, 2.24) is 0 Å². The number of thioether (sulfide) groups is 1. The zero-order valence-corrected chi connectivity index (χ0v) is 14.6. The molecule has 2 aromatic rings. The summed E-state index contributed by atoms with van der Waals surface area (Å²) < 4.78 is 50.5. The van der Waals surface area contributed by atoms with Crippen molar-refractivity contribution >= 4 is 43.6 Å². The summed E-state index contributed by atoms with van der Waals surface area (Å²) in [5.74, 6) is 0.829. The molecule has 2 aromatic carbocycles. The second kappa shape index (κ2) is 5.98. The van der Waals surface area contributed by atoms with E-state index >= 15 is 0 Å². The van der Waals surface area contributed by atoms with E-state index in [4.69, 9.17) is 9.47 Å². The van der Waals surface area contributed by atoms with Crippen LogP contribution in [0.1, 0.15) is 11.9 Å². The maximum absolute atomic E-state index is 12.8. The van der Waals surface area contributed by atoms with Crippen molar-refractivity contribution in [2.24, 2.45) is 0 Å². The lowest BCUT2D eigenvalue weighted by molar-refractivity contribution is -0.0330. The summed E-state index contributed by atoms with van der Waals surface area (Å²) in [4.78, 5) is 0.00607. The summed E-state index contributed by atoms with van der Waals surface area (Å²) in [6.45, 7) is 0. The first-order chi connectivity index (χ1) is 10.3. The smallest absolute Gasteiger partial charge is 0.446 e. The number of ether oxygens (including phenoxy) is 2. The number of hydrogen-bond donors (Lipinski definition) is 0. The summed E-state index contributed by atoms with van der Waals surface area (Å²) in [7, 11) is 0. The van der Waals surface area contributed by atoms with Crippen LogP contribution in [0.4, 0.5) is 13.2 Å². The van der Waals surface area contributed by atoms with Crippen molar-refractivity contribution in [3.63, 3.8) is 0 Å². The summed E-state index contributed by atoms with van der Waals surface area (Å²) in [5.41, 5.74) is -4.12. The van der Waals surface area contributed by atoms with Gasteiger partial charge in [0.05, 0.1) is 5.56 Å². The number of rotatable bonds is 2. The largest absolute Gasteiger partial charge is 0.447 e. The number of para-hydroxylation sites is 1. The highest BCUT2D eigenvalue weighted by molar-refractivity contribution is 9.11. The molecule has 1 heterocycles. The number of halogens is 5. The van der Waals surface area contributed by atoms with Gasteiger partial charge in [0.25, 0.3) is 6.29 Å². The van der Waals surface area contributed by atoms with Crippen LogP contribution in [0.5, 0.6) is 11.5 Å². The Bertz CT molecular complexity index is 697. The van der Waals surface area contributed by atoms with Gasteiger partial charge < -0.3 is 9.47 Å². The first-order valence-corrected chi connectivity index (χ1v) is 8.32. The minimum absolute atomic E-state index is 0.00607. The normalized spacial score (nSPS) is 14.4. The van der Waals surface area contributed by atoms with Gasteiger partial charge >= 0.3 is 5.51 Å². The molecule has 0 N–H and O–H groups in total. The molecule has 0 fully saturated rings. The predicted molar refractivity (Wildman–Crippen MR) is 83.0 cm³/mol. The lowest BCUT2D eigenvalue weighted by atomic mass is 10.2. The summed E-state index contributed by atoms with van der Waals surface area (Å²) >= 11 is 6.26. The fourth-order valence-electron chi connectivity index (χ4n) is 1.95. The Hall–Kier alpha value is -0.860. The Balaban J connectivity index is 2.00.